The quantitative estimate of drug-likeness (QED) is 0.641. The molecule has 0 saturated carbocycles. The summed E-state index contributed by atoms with van der Waals surface area (Å²) < 4.78 is 0. The fraction of sp³-hybridized carbons (Fsp3) is 0.375. The summed E-state index contributed by atoms with van der Waals surface area (Å²) in [5, 5.41) is 0. The summed E-state index contributed by atoms with van der Waals surface area (Å²) in [5.41, 5.74) is 3.41. The predicted octanol–water partition coefficient (Wildman–Crippen LogP) is 4.47. The third-order valence-corrected chi connectivity index (χ3v) is 3.54. The average molecular weight is 272 g/mol. The van der Waals surface area contributed by atoms with Crippen molar-refractivity contribution in [2.45, 2.75) is 44.4 Å². The molecule has 0 atom stereocenters. The molecule has 0 aliphatic rings. The first kappa shape index (κ1) is 14.1. The Hall–Kier alpha value is -1.35. The highest BCUT2D eigenvalue weighted by Crippen LogP contribution is 2.24. The maximum Gasteiger partial charge on any atom is 0.160 e. The van der Waals surface area contributed by atoms with Gasteiger partial charge < -0.3 is 0 Å². The molecule has 100 valence electrons. The van der Waals surface area contributed by atoms with Gasteiger partial charge in [-0.2, -0.15) is 0 Å². The summed E-state index contributed by atoms with van der Waals surface area (Å²) >= 11 is 4.49. The van der Waals surface area contributed by atoms with Crippen LogP contribution in [0, 0.1) is 6.92 Å². The maximum absolute atomic E-state index is 4.49. The summed E-state index contributed by atoms with van der Waals surface area (Å²) in [6, 6.07) is 6.13. The third kappa shape index (κ3) is 3.80. The number of thiol groups is 1. The molecule has 0 aliphatic carbocycles. The van der Waals surface area contributed by atoms with E-state index in [1.165, 1.54) is 30.4 Å². The molecule has 0 spiro atoms. The lowest BCUT2D eigenvalue weighted by Gasteiger charge is -2.06. The minimum Gasteiger partial charge on any atom is -0.236 e. The van der Waals surface area contributed by atoms with Gasteiger partial charge in [0, 0.05) is 22.9 Å². The zero-order valence-electron chi connectivity index (χ0n) is 11.6. The van der Waals surface area contributed by atoms with Gasteiger partial charge >= 0.3 is 0 Å². The zero-order valence-corrected chi connectivity index (χ0v) is 12.5. The van der Waals surface area contributed by atoms with E-state index < -0.39 is 0 Å². The largest absolute Gasteiger partial charge is 0.236 e. The SMILES string of the molecule is CCCCCc1cnc(-c2ccc(C)cc2S)nc1. The highest BCUT2D eigenvalue weighted by atomic mass is 32.1. The van der Waals surface area contributed by atoms with Crippen molar-refractivity contribution in [3.63, 3.8) is 0 Å². The highest BCUT2D eigenvalue weighted by Gasteiger charge is 2.05. The Labute approximate surface area is 120 Å². The van der Waals surface area contributed by atoms with Gasteiger partial charge in [-0.3, -0.25) is 0 Å². The van der Waals surface area contributed by atoms with Crippen molar-refractivity contribution in [3.8, 4) is 11.4 Å². The number of aryl methyl sites for hydroxylation is 2. The first-order valence-corrected chi connectivity index (χ1v) is 7.26. The molecule has 19 heavy (non-hydrogen) atoms. The Morgan fingerprint density at radius 1 is 1.11 bits per heavy atom. The van der Waals surface area contributed by atoms with Crippen molar-refractivity contribution in [1.29, 1.82) is 0 Å². The topological polar surface area (TPSA) is 25.8 Å². The molecule has 1 aromatic carbocycles. The molecule has 2 nitrogen and oxygen atoms in total. The van der Waals surface area contributed by atoms with E-state index in [0.717, 1.165) is 22.7 Å². The molecular weight excluding hydrogens is 252 g/mol. The Bertz CT molecular complexity index is 535. The molecule has 0 fully saturated rings. The zero-order chi connectivity index (χ0) is 13.7. The second-order valence-electron chi connectivity index (χ2n) is 4.89. The molecule has 2 aromatic rings. The van der Waals surface area contributed by atoms with E-state index in [0.29, 0.717) is 0 Å². The van der Waals surface area contributed by atoms with Gasteiger partial charge in [0.15, 0.2) is 5.82 Å². The van der Waals surface area contributed by atoms with Crippen LogP contribution in [0.25, 0.3) is 11.4 Å². The van der Waals surface area contributed by atoms with Crippen LogP contribution in [0.4, 0.5) is 0 Å². The van der Waals surface area contributed by atoms with Gasteiger partial charge in [-0.15, -0.1) is 12.6 Å². The Balaban J connectivity index is 2.13. The minimum absolute atomic E-state index is 0.754. The Morgan fingerprint density at radius 3 is 2.47 bits per heavy atom. The number of hydrogen-bond donors (Lipinski definition) is 1. The summed E-state index contributed by atoms with van der Waals surface area (Å²) in [6.45, 7) is 4.27. The van der Waals surface area contributed by atoms with Gasteiger partial charge in [0.2, 0.25) is 0 Å². The van der Waals surface area contributed by atoms with E-state index in [4.69, 9.17) is 0 Å². The lowest BCUT2D eigenvalue weighted by atomic mass is 10.1. The first-order valence-electron chi connectivity index (χ1n) is 6.81. The molecule has 0 unspecified atom stereocenters. The fourth-order valence-corrected chi connectivity index (χ4v) is 2.41. The van der Waals surface area contributed by atoms with Crippen LogP contribution in [-0.2, 0) is 6.42 Å². The monoisotopic (exact) mass is 272 g/mol. The summed E-state index contributed by atoms with van der Waals surface area (Å²) in [5.74, 6) is 0.754. The van der Waals surface area contributed by atoms with Gasteiger partial charge in [-0.1, -0.05) is 25.8 Å². The van der Waals surface area contributed by atoms with Gasteiger partial charge in [-0.25, -0.2) is 9.97 Å². The van der Waals surface area contributed by atoms with E-state index in [2.05, 4.69) is 42.5 Å². The Kier molecular flexibility index (Phi) is 4.97. The molecule has 3 heteroatoms. The van der Waals surface area contributed by atoms with E-state index in [1.54, 1.807) is 0 Å². The summed E-state index contributed by atoms with van der Waals surface area (Å²) in [6.07, 6.45) is 8.65. The molecular formula is C16H20N2S. The molecule has 0 bridgehead atoms. The van der Waals surface area contributed by atoms with Crippen LogP contribution in [0.15, 0.2) is 35.5 Å². The van der Waals surface area contributed by atoms with Crippen molar-refractivity contribution in [1.82, 2.24) is 9.97 Å². The van der Waals surface area contributed by atoms with E-state index in [9.17, 15) is 0 Å². The standard InChI is InChI=1S/C16H20N2S/c1-3-4-5-6-13-10-17-16(18-11-13)14-8-7-12(2)9-15(14)19/h7-11,19H,3-6H2,1-2H3. The number of aromatic nitrogens is 2. The van der Waals surface area contributed by atoms with Crippen molar-refractivity contribution in [3.05, 3.63) is 41.7 Å². The second kappa shape index (κ2) is 6.71. The average Bonchev–Trinajstić information content (AvgIpc) is 2.40. The minimum atomic E-state index is 0.754. The van der Waals surface area contributed by atoms with E-state index in [-0.39, 0.29) is 0 Å². The molecule has 0 amide bonds. The van der Waals surface area contributed by atoms with Gasteiger partial charge in [0.25, 0.3) is 0 Å². The number of rotatable bonds is 5. The van der Waals surface area contributed by atoms with Gasteiger partial charge in [0.05, 0.1) is 0 Å². The van der Waals surface area contributed by atoms with E-state index >= 15 is 0 Å². The summed E-state index contributed by atoms with van der Waals surface area (Å²) in [7, 11) is 0. The molecule has 0 aliphatic heterocycles. The second-order valence-corrected chi connectivity index (χ2v) is 5.37. The van der Waals surface area contributed by atoms with Crippen LogP contribution >= 0.6 is 12.6 Å². The van der Waals surface area contributed by atoms with E-state index in [1.807, 2.05) is 24.5 Å². The van der Waals surface area contributed by atoms with Crippen molar-refractivity contribution in [2.75, 3.05) is 0 Å². The van der Waals surface area contributed by atoms with Crippen LogP contribution in [-0.4, -0.2) is 9.97 Å². The van der Waals surface area contributed by atoms with Crippen LogP contribution < -0.4 is 0 Å². The molecule has 1 heterocycles. The molecule has 0 saturated heterocycles. The predicted molar refractivity (Wildman–Crippen MR) is 82.7 cm³/mol. The third-order valence-electron chi connectivity index (χ3n) is 3.17. The van der Waals surface area contributed by atoms with Gasteiger partial charge in [-0.05, 0) is 43.0 Å². The number of nitrogens with zero attached hydrogens (tertiary/aromatic N) is 2. The first-order chi connectivity index (χ1) is 9.20. The maximum atomic E-state index is 4.49. The fourth-order valence-electron chi connectivity index (χ4n) is 2.03. The smallest absolute Gasteiger partial charge is 0.160 e. The number of unbranched alkanes of at least 4 members (excludes halogenated alkanes) is 2. The molecule has 2 rings (SSSR count). The Morgan fingerprint density at radius 2 is 1.84 bits per heavy atom. The van der Waals surface area contributed by atoms with Crippen LogP contribution in [0.5, 0.6) is 0 Å². The summed E-state index contributed by atoms with van der Waals surface area (Å²) in [4.78, 5) is 9.85. The molecule has 0 N–H and O–H groups in total. The number of benzene rings is 1. The van der Waals surface area contributed by atoms with Crippen LogP contribution in [0.2, 0.25) is 0 Å². The van der Waals surface area contributed by atoms with Crippen LogP contribution in [0.1, 0.15) is 37.3 Å². The lowest BCUT2D eigenvalue weighted by Crippen LogP contribution is -1.94. The number of hydrogen-bond acceptors (Lipinski definition) is 3. The highest BCUT2D eigenvalue weighted by molar-refractivity contribution is 7.80. The van der Waals surface area contributed by atoms with Gasteiger partial charge in [0.1, 0.15) is 0 Å². The van der Waals surface area contributed by atoms with Crippen molar-refractivity contribution >= 4 is 12.6 Å². The van der Waals surface area contributed by atoms with Crippen molar-refractivity contribution in [2.24, 2.45) is 0 Å². The molecule has 0 radical (unpaired) electrons. The molecule has 1 aromatic heterocycles. The van der Waals surface area contributed by atoms with Crippen LogP contribution in [0.3, 0.4) is 0 Å². The van der Waals surface area contributed by atoms with Crippen molar-refractivity contribution < 1.29 is 0 Å². The lowest BCUT2D eigenvalue weighted by molar-refractivity contribution is 0.714. The normalized spacial score (nSPS) is 10.7.